The van der Waals surface area contributed by atoms with Crippen molar-refractivity contribution in [3.05, 3.63) is 87.6 Å². The molecule has 0 radical (unpaired) electrons. The highest BCUT2D eigenvalue weighted by molar-refractivity contribution is 6.28. The van der Waals surface area contributed by atoms with E-state index in [1.165, 1.54) is 0 Å². The predicted octanol–water partition coefficient (Wildman–Crippen LogP) is 4.50. The molecule has 0 saturated carbocycles. The molecule has 29 heavy (non-hydrogen) atoms. The van der Waals surface area contributed by atoms with Crippen LogP contribution in [0.1, 0.15) is 24.2 Å². The normalized spacial score (nSPS) is 12.1. The van der Waals surface area contributed by atoms with Crippen molar-refractivity contribution in [3.8, 4) is 5.69 Å². The van der Waals surface area contributed by atoms with Gasteiger partial charge in [-0.1, -0.05) is 36.4 Å². The number of pyridine rings is 1. The van der Waals surface area contributed by atoms with Gasteiger partial charge < -0.3 is 11.1 Å². The second kappa shape index (κ2) is 7.56. The van der Waals surface area contributed by atoms with E-state index < -0.39 is 0 Å². The summed E-state index contributed by atoms with van der Waals surface area (Å²) in [5, 5.41) is 4.95. The number of benzene rings is 2. The first-order valence-electron chi connectivity index (χ1n) is 9.21. The Hall–Kier alpha value is -3.38. The van der Waals surface area contributed by atoms with Crippen LogP contribution in [-0.4, -0.2) is 14.5 Å². The molecule has 0 aliphatic heterocycles. The lowest BCUT2D eigenvalue weighted by molar-refractivity contribution is 0.772. The first-order valence-corrected chi connectivity index (χ1v) is 9.59. The summed E-state index contributed by atoms with van der Waals surface area (Å²) in [6, 6.07) is 18.8. The summed E-state index contributed by atoms with van der Waals surface area (Å²) in [5.41, 5.74) is 8.26. The molecule has 2 heterocycles. The molecule has 1 atom stereocenters. The quantitative estimate of drug-likeness (QED) is 0.488. The fourth-order valence-corrected chi connectivity index (χ4v) is 3.71. The maximum Gasteiger partial charge on any atom is 0.263 e. The van der Waals surface area contributed by atoms with Crippen LogP contribution >= 0.6 is 11.6 Å². The second-order valence-electron chi connectivity index (χ2n) is 6.90. The van der Waals surface area contributed by atoms with E-state index in [-0.39, 0.29) is 22.7 Å². The van der Waals surface area contributed by atoms with Gasteiger partial charge >= 0.3 is 0 Å². The van der Waals surface area contributed by atoms with Crippen LogP contribution in [0.2, 0.25) is 5.28 Å². The molecule has 0 spiro atoms. The molecule has 4 aromatic rings. The van der Waals surface area contributed by atoms with E-state index in [1.807, 2.05) is 68.4 Å². The fourth-order valence-electron chi connectivity index (χ4n) is 3.52. The summed E-state index contributed by atoms with van der Waals surface area (Å²) in [5.74, 6) is 0.765. The van der Waals surface area contributed by atoms with Crippen molar-refractivity contribution in [2.24, 2.45) is 0 Å². The van der Waals surface area contributed by atoms with Crippen molar-refractivity contribution in [1.29, 1.82) is 0 Å². The van der Waals surface area contributed by atoms with Crippen molar-refractivity contribution in [3.63, 3.8) is 0 Å². The highest BCUT2D eigenvalue weighted by Gasteiger charge is 2.18. The van der Waals surface area contributed by atoms with Crippen LogP contribution in [0.25, 0.3) is 16.5 Å². The molecule has 146 valence electrons. The number of halogens is 1. The number of nitrogen functional groups attached to an aromatic ring is 1. The number of nitrogens with two attached hydrogens (primary N) is 1. The van der Waals surface area contributed by atoms with Crippen LogP contribution in [0.4, 0.5) is 11.6 Å². The molecule has 4 rings (SSSR count). The first-order chi connectivity index (χ1) is 13.9. The Morgan fingerprint density at radius 1 is 1.07 bits per heavy atom. The van der Waals surface area contributed by atoms with Gasteiger partial charge in [0.2, 0.25) is 5.28 Å². The number of nitrogens with one attached hydrogen (secondary N) is 1. The number of para-hydroxylation sites is 1. The zero-order valence-corrected chi connectivity index (χ0v) is 16.8. The molecule has 0 amide bonds. The Morgan fingerprint density at radius 3 is 2.55 bits per heavy atom. The molecule has 0 aliphatic rings. The lowest BCUT2D eigenvalue weighted by Crippen LogP contribution is -2.26. The smallest absolute Gasteiger partial charge is 0.263 e. The second-order valence-corrected chi connectivity index (χ2v) is 7.24. The highest BCUT2D eigenvalue weighted by Crippen LogP contribution is 2.25. The van der Waals surface area contributed by atoms with E-state index in [0.717, 1.165) is 22.3 Å². The molecule has 0 saturated heterocycles. The standard InChI is InChI=1S/C22H20ClN5O/c1-13-7-6-8-15-11-17(14(2)25-19-12-18(24)26-22(23)27-19)28(21(29)20(13)15)16-9-4-3-5-10-16/h3-12,14H,1-2H3,(H3,24,25,26,27)/t14-/m0/s1. The van der Waals surface area contributed by atoms with Crippen LogP contribution in [0.3, 0.4) is 0 Å². The Bertz CT molecular complexity index is 1230. The van der Waals surface area contributed by atoms with Gasteiger partial charge in [0.1, 0.15) is 11.6 Å². The minimum atomic E-state index is -0.252. The van der Waals surface area contributed by atoms with Gasteiger partial charge in [-0.15, -0.1) is 0 Å². The largest absolute Gasteiger partial charge is 0.383 e. The summed E-state index contributed by atoms with van der Waals surface area (Å²) < 4.78 is 1.74. The van der Waals surface area contributed by atoms with E-state index in [4.69, 9.17) is 17.3 Å². The molecule has 0 unspecified atom stereocenters. The molecule has 7 heteroatoms. The predicted molar refractivity (Wildman–Crippen MR) is 118 cm³/mol. The van der Waals surface area contributed by atoms with Gasteiger partial charge in [0.05, 0.1) is 11.4 Å². The molecule has 0 aliphatic carbocycles. The summed E-state index contributed by atoms with van der Waals surface area (Å²) in [4.78, 5) is 21.6. The number of nitrogens with zero attached hydrogens (tertiary/aromatic N) is 3. The van der Waals surface area contributed by atoms with Gasteiger partial charge in [0.25, 0.3) is 5.56 Å². The molecular weight excluding hydrogens is 386 g/mol. The highest BCUT2D eigenvalue weighted by atomic mass is 35.5. The summed E-state index contributed by atoms with van der Waals surface area (Å²) in [6.45, 7) is 3.91. The maximum absolute atomic E-state index is 13.5. The summed E-state index contributed by atoms with van der Waals surface area (Å²) in [7, 11) is 0. The van der Waals surface area contributed by atoms with Crippen LogP contribution in [0.15, 0.2) is 65.5 Å². The van der Waals surface area contributed by atoms with E-state index >= 15 is 0 Å². The van der Waals surface area contributed by atoms with Gasteiger partial charge in [-0.2, -0.15) is 0 Å². The average Bonchev–Trinajstić information content (AvgIpc) is 2.67. The van der Waals surface area contributed by atoms with E-state index in [1.54, 1.807) is 10.6 Å². The molecular formula is C22H20ClN5O. The van der Waals surface area contributed by atoms with Crippen LogP contribution in [-0.2, 0) is 0 Å². The van der Waals surface area contributed by atoms with Gasteiger partial charge in [0.15, 0.2) is 0 Å². The third kappa shape index (κ3) is 3.67. The minimum absolute atomic E-state index is 0.0596. The maximum atomic E-state index is 13.5. The number of aryl methyl sites for hydroxylation is 1. The number of fused-ring (bicyclic) bond motifs is 1. The summed E-state index contributed by atoms with van der Waals surface area (Å²) >= 11 is 5.93. The van der Waals surface area contributed by atoms with Crippen LogP contribution in [0, 0.1) is 6.92 Å². The average molecular weight is 406 g/mol. The SMILES string of the molecule is Cc1cccc2cc([C@H](C)Nc3cc(N)nc(Cl)n3)n(-c3ccccc3)c(=O)c12. The number of hydrogen-bond donors (Lipinski definition) is 2. The fraction of sp³-hybridized carbons (Fsp3) is 0.136. The third-order valence-corrected chi connectivity index (χ3v) is 4.99. The van der Waals surface area contributed by atoms with Crippen LogP contribution < -0.4 is 16.6 Å². The Morgan fingerprint density at radius 2 is 1.83 bits per heavy atom. The first kappa shape index (κ1) is 19.0. The van der Waals surface area contributed by atoms with Crippen LogP contribution in [0.5, 0.6) is 0 Å². The Balaban J connectivity index is 1.91. The van der Waals surface area contributed by atoms with Crippen molar-refractivity contribution < 1.29 is 0 Å². The molecule has 3 N–H and O–H groups in total. The van der Waals surface area contributed by atoms with E-state index in [0.29, 0.717) is 11.2 Å². The van der Waals surface area contributed by atoms with Gasteiger partial charge in [-0.05, 0) is 54.6 Å². The Kier molecular flexibility index (Phi) is 4.94. The zero-order valence-electron chi connectivity index (χ0n) is 16.1. The topological polar surface area (TPSA) is 85.8 Å². The van der Waals surface area contributed by atoms with Gasteiger partial charge in [-0.3, -0.25) is 9.36 Å². The summed E-state index contributed by atoms with van der Waals surface area (Å²) in [6.07, 6.45) is 0. The zero-order chi connectivity index (χ0) is 20.5. The molecule has 2 aromatic heterocycles. The number of hydrogen-bond acceptors (Lipinski definition) is 5. The Labute approximate surface area is 173 Å². The van der Waals surface area contributed by atoms with Gasteiger partial charge in [0, 0.05) is 17.4 Å². The minimum Gasteiger partial charge on any atom is -0.383 e. The van der Waals surface area contributed by atoms with Crippen molar-refractivity contribution >= 4 is 34.0 Å². The molecule has 6 nitrogen and oxygen atoms in total. The lowest BCUT2D eigenvalue weighted by Gasteiger charge is -2.22. The molecule has 2 aromatic carbocycles. The molecule has 0 bridgehead atoms. The number of rotatable bonds is 4. The number of anilines is 2. The van der Waals surface area contributed by atoms with Gasteiger partial charge in [-0.25, -0.2) is 9.97 Å². The van der Waals surface area contributed by atoms with Crippen molar-refractivity contribution in [2.75, 3.05) is 11.1 Å². The van der Waals surface area contributed by atoms with E-state index in [9.17, 15) is 4.79 Å². The monoisotopic (exact) mass is 405 g/mol. The molecule has 0 fully saturated rings. The number of aromatic nitrogens is 3. The van der Waals surface area contributed by atoms with Crippen molar-refractivity contribution in [2.45, 2.75) is 19.9 Å². The lowest BCUT2D eigenvalue weighted by atomic mass is 10.0. The third-order valence-electron chi connectivity index (χ3n) is 4.82. The van der Waals surface area contributed by atoms with E-state index in [2.05, 4.69) is 15.3 Å². The van der Waals surface area contributed by atoms with Crippen molar-refractivity contribution in [1.82, 2.24) is 14.5 Å².